The molecule has 10 aromatic rings. The molecule has 1 aliphatic rings. The van der Waals surface area contributed by atoms with E-state index in [9.17, 15) is 26.2 Å². The van der Waals surface area contributed by atoms with E-state index in [4.69, 9.17) is 28.5 Å². The largest absolute Gasteiger partial charge is 0.497 e. The van der Waals surface area contributed by atoms with E-state index >= 15 is 0 Å². The second kappa shape index (κ2) is 22.7. The fourth-order valence-corrected chi connectivity index (χ4v) is 12.5. The zero-order valence-electron chi connectivity index (χ0n) is 43.3. The van der Waals surface area contributed by atoms with E-state index in [2.05, 4.69) is 29.3 Å². The van der Waals surface area contributed by atoms with Crippen LogP contribution < -0.4 is 18.9 Å². The highest BCUT2D eigenvalue weighted by molar-refractivity contribution is 7.94. The predicted molar refractivity (Wildman–Crippen MR) is 307 cm³/mol. The highest BCUT2D eigenvalue weighted by Gasteiger charge is 2.46. The Morgan fingerprint density at radius 2 is 1.01 bits per heavy atom. The molecule has 0 unspecified atom stereocenters. The summed E-state index contributed by atoms with van der Waals surface area (Å²) in [5.74, 6) is 1.79. The second-order valence-corrected chi connectivity index (χ2v) is 23.0. The Balaban J connectivity index is 0.823. The molecule has 0 saturated heterocycles. The van der Waals surface area contributed by atoms with Crippen molar-refractivity contribution in [3.05, 3.63) is 275 Å². The number of aryl methyl sites for hydroxylation is 1. The van der Waals surface area contributed by atoms with E-state index in [0.717, 1.165) is 56.1 Å². The monoisotopic (exact) mass is 1130 g/mol. The lowest BCUT2D eigenvalue weighted by molar-refractivity contribution is -0.432. The Morgan fingerprint density at radius 1 is 0.531 bits per heavy atom. The van der Waals surface area contributed by atoms with Gasteiger partial charge in [-0.15, -0.1) is 4.33 Å². The van der Waals surface area contributed by atoms with Crippen LogP contribution in [0.15, 0.2) is 250 Å². The summed E-state index contributed by atoms with van der Waals surface area (Å²) < 4.78 is 91.0. The van der Waals surface area contributed by atoms with E-state index in [1.165, 1.54) is 18.2 Å². The molecule has 16 heteroatoms. The van der Waals surface area contributed by atoms with Crippen molar-refractivity contribution in [1.82, 2.24) is 0 Å². The van der Waals surface area contributed by atoms with Crippen molar-refractivity contribution in [2.45, 2.75) is 38.5 Å². The van der Waals surface area contributed by atoms with Gasteiger partial charge in [0.05, 0.1) is 34.4 Å². The molecule has 0 bridgehead atoms. The molecule has 0 aliphatic heterocycles. The molecular weight excluding hydrogens is 1080 g/mol. The third-order valence-corrected chi connectivity index (χ3v) is 17.4. The van der Waals surface area contributed by atoms with Gasteiger partial charge in [-0.1, -0.05) is 132 Å². The van der Waals surface area contributed by atoms with Gasteiger partial charge in [0.1, 0.15) is 46.0 Å². The molecule has 0 spiro atoms. The summed E-state index contributed by atoms with van der Waals surface area (Å²) in [4.78, 5) is 14.1. The molecule has 11 rings (SSSR count). The van der Waals surface area contributed by atoms with Crippen molar-refractivity contribution < 1.29 is 59.8 Å². The second-order valence-electron chi connectivity index (χ2n) is 18.9. The van der Waals surface area contributed by atoms with Gasteiger partial charge in [-0.2, -0.15) is 8.42 Å². The molecule has 0 fully saturated rings. The molecule has 13 nitrogen and oxygen atoms in total. The molecule has 0 aromatic heterocycles. The molecule has 0 amide bonds. The Hall–Kier alpha value is -8.84. The van der Waals surface area contributed by atoms with E-state index in [0.29, 0.717) is 51.2 Å². The molecule has 10 aromatic carbocycles. The minimum absolute atomic E-state index is 0.00544. The SMILES string of the molecule is COc1ccc(-c2ccc(Oc3ccc(C(=O)c4ccc(COc5ccc(C6(c7ccc(Oc8ccc(S(=O)(=O)c9ccc(C)cc9)cc8)cc7)c7ccccc7-c7ccccc76)cc5)c(SOOO)c4)cc3S(=O)(=O)O)cc2)cc1. The van der Waals surface area contributed by atoms with Crippen LogP contribution in [0.2, 0.25) is 0 Å². The quantitative estimate of drug-likeness (QED) is 0.0256. The van der Waals surface area contributed by atoms with E-state index < -0.39 is 36.0 Å². The molecule has 0 radical (unpaired) electrons. The average molecular weight is 1130 g/mol. The van der Waals surface area contributed by atoms with Crippen LogP contribution in [-0.2, 0) is 41.3 Å². The van der Waals surface area contributed by atoms with Crippen molar-refractivity contribution in [2.24, 2.45) is 0 Å². The van der Waals surface area contributed by atoms with Crippen molar-refractivity contribution >= 4 is 37.8 Å². The van der Waals surface area contributed by atoms with E-state index in [1.54, 1.807) is 92.0 Å². The highest BCUT2D eigenvalue weighted by atomic mass is 32.2. The molecule has 1 aliphatic carbocycles. The number of fused-ring (bicyclic) bond motifs is 3. The molecule has 0 heterocycles. The van der Waals surface area contributed by atoms with E-state index in [1.807, 2.05) is 104 Å². The standard InChI is InChI=1S/C65H48O13S3/c1-42-11-34-55(35-12-42)80(68,69)56-36-32-53(33-37-56)75-52-30-22-49(23-31-52)65(59-9-5-3-7-57(59)58-8-4-6-10-60(58)65)48-20-28-51(29-21-48)74-41-47-14-13-45(39-62(47)79-78-77-67)64(66)46-19-38-61(63(40-46)81(70,71)72)76-54-26-17-44(18-27-54)43-15-24-50(73-2)25-16-43/h3-40,67H,41H2,1-2H3,(H,70,71,72). The first kappa shape index (κ1) is 54.1. The number of hydrogen-bond acceptors (Lipinski definition) is 13. The van der Waals surface area contributed by atoms with Gasteiger partial charge in [-0.3, -0.25) is 9.35 Å². The molecule has 0 saturated carbocycles. The van der Waals surface area contributed by atoms with Gasteiger partial charge < -0.3 is 18.9 Å². The third-order valence-electron chi connectivity index (χ3n) is 14.1. The van der Waals surface area contributed by atoms with Gasteiger partial charge in [-0.05, 0) is 161 Å². The fourth-order valence-electron chi connectivity index (χ4n) is 10.1. The zero-order valence-corrected chi connectivity index (χ0v) is 45.7. The minimum atomic E-state index is -4.88. The number of hydrogen-bond donors (Lipinski definition) is 2. The first-order valence-corrected chi connectivity index (χ1v) is 28.9. The summed E-state index contributed by atoms with van der Waals surface area (Å²) in [6.45, 7) is 1.90. The lowest BCUT2D eigenvalue weighted by atomic mass is 9.68. The van der Waals surface area contributed by atoms with Gasteiger partial charge in [0.25, 0.3) is 10.1 Å². The van der Waals surface area contributed by atoms with Crippen LogP contribution in [0, 0.1) is 6.92 Å². The molecular formula is C65H48O13S3. The zero-order chi connectivity index (χ0) is 56.3. The first-order chi connectivity index (χ1) is 39.2. The maximum absolute atomic E-state index is 14.0. The Labute approximate surface area is 472 Å². The number of carbonyl (C=O) groups excluding carboxylic acids is 1. The van der Waals surface area contributed by atoms with Crippen LogP contribution in [0.25, 0.3) is 22.3 Å². The summed E-state index contributed by atoms with van der Waals surface area (Å²) in [5, 5.41) is 13.0. The Morgan fingerprint density at radius 3 is 1.57 bits per heavy atom. The van der Waals surface area contributed by atoms with Crippen molar-refractivity contribution in [3.63, 3.8) is 0 Å². The van der Waals surface area contributed by atoms with Crippen LogP contribution in [0.3, 0.4) is 0 Å². The summed E-state index contributed by atoms with van der Waals surface area (Å²) in [6.07, 6.45) is 0. The Bertz CT molecular complexity index is 4130. The summed E-state index contributed by atoms with van der Waals surface area (Å²) in [5.41, 5.74) is 8.95. The number of carbonyl (C=O) groups is 1. The number of methoxy groups -OCH3 is 1. The van der Waals surface area contributed by atoms with Gasteiger partial charge >= 0.3 is 0 Å². The maximum atomic E-state index is 14.0. The molecule has 2 N–H and O–H groups in total. The fraction of sp³-hybridized carbons (Fsp3) is 0.0615. The molecule has 81 heavy (non-hydrogen) atoms. The van der Waals surface area contributed by atoms with Gasteiger partial charge in [0, 0.05) is 21.6 Å². The third kappa shape index (κ3) is 11.0. The number of rotatable bonds is 19. The van der Waals surface area contributed by atoms with Crippen LogP contribution in [0.5, 0.6) is 34.5 Å². The minimum Gasteiger partial charge on any atom is -0.497 e. The summed E-state index contributed by atoms with van der Waals surface area (Å²) in [7, 11) is -7.00. The maximum Gasteiger partial charge on any atom is 0.298 e. The van der Waals surface area contributed by atoms with Crippen molar-refractivity contribution in [3.8, 4) is 56.8 Å². The average Bonchev–Trinajstić information content (AvgIpc) is 4.04. The van der Waals surface area contributed by atoms with Crippen LogP contribution >= 0.6 is 12.0 Å². The lowest BCUT2D eigenvalue weighted by Gasteiger charge is -2.34. The number of benzene rings is 10. The van der Waals surface area contributed by atoms with Crippen LogP contribution in [0.4, 0.5) is 0 Å². The summed E-state index contributed by atoms with van der Waals surface area (Å²) >= 11 is 0.630. The molecule has 0 atom stereocenters. The van der Waals surface area contributed by atoms with Gasteiger partial charge in [-0.25, -0.2) is 13.7 Å². The summed E-state index contributed by atoms with van der Waals surface area (Å²) in [6, 6.07) is 68.3. The van der Waals surface area contributed by atoms with Crippen molar-refractivity contribution in [1.29, 1.82) is 0 Å². The first-order valence-electron chi connectivity index (χ1n) is 25.2. The highest BCUT2D eigenvalue weighted by Crippen LogP contribution is 2.56. The Kier molecular flexibility index (Phi) is 15.2. The van der Waals surface area contributed by atoms with Gasteiger partial charge in [0.15, 0.2) is 5.78 Å². The lowest BCUT2D eigenvalue weighted by Crippen LogP contribution is -2.28. The number of ether oxygens (including phenoxy) is 4. The van der Waals surface area contributed by atoms with Crippen LogP contribution in [-0.4, -0.2) is 39.5 Å². The molecule has 404 valence electrons. The topological polar surface area (TPSA) is 181 Å². The number of sulfone groups is 1. The number of ketones is 1. The van der Waals surface area contributed by atoms with Crippen molar-refractivity contribution in [2.75, 3.05) is 7.11 Å². The predicted octanol–water partition coefficient (Wildman–Crippen LogP) is 14.9. The smallest absolute Gasteiger partial charge is 0.298 e. The van der Waals surface area contributed by atoms with Crippen LogP contribution in [0.1, 0.15) is 49.3 Å². The van der Waals surface area contributed by atoms with E-state index in [-0.39, 0.29) is 33.3 Å². The van der Waals surface area contributed by atoms with Gasteiger partial charge in [0.2, 0.25) is 9.84 Å². The normalized spacial score (nSPS) is 12.5.